The second kappa shape index (κ2) is 11.3. The fraction of sp³-hybridized carbons (Fsp3) is 0.265. The molecule has 0 aromatic heterocycles. The van der Waals surface area contributed by atoms with Crippen molar-refractivity contribution in [1.82, 2.24) is 15.1 Å². The number of nitrogens with one attached hydrogen (secondary N) is 1. The van der Waals surface area contributed by atoms with Gasteiger partial charge in [-0.1, -0.05) is 121 Å². The van der Waals surface area contributed by atoms with Crippen LogP contribution in [0.3, 0.4) is 0 Å². The van der Waals surface area contributed by atoms with Crippen LogP contribution in [0, 0.1) is 5.92 Å². The number of benzene rings is 4. The second-order valence-electron chi connectivity index (χ2n) is 10.6. The number of carbonyl (C=O) groups excluding carboxylic acids is 1. The Bertz CT molecular complexity index is 1230. The molecule has 2 fully saturated rings. The van der Waals surface area contributed by atoms with Gasteiger partial charge in [-0.2, -0.15) is 0 Å². The minimum Gasteiger partial charge on any atom is -0.345 e. The molecule has 6 rings (SSSR count). The number of nitrogens with zero attached hydrogens (tertiary/aromatic N) is 2. The van der Waals surface area contributed by atoms with Crippen LogP contribution < -0.4 is 5.32 Å². The molecular formula is C34H35N3O. The maximum absolute atomic E-state index is 13.7. The lowest BCUT2D eigenvalue weighted by molar-refractivity contribution is -0.125. The number of hydrogen-bond donors (Lipinski definition) is 1. The van der Waals surface area contributed by atoms with Crippen LogP contribution in [0.15, 0.2) is 121 Å². The summed E-state index contributed by atoms with van der Waals surface area (Å²) in [6.45, 7) is 3.79. The number of carbonyl (C=O) groups is 1. The van der Waals surface area contributed by atoms with E-state index in [0.29, 0.717) is 6.04 Å². The summed E-state index contributed by atoms with van der Waals surface area (Å²) in [6.07, 6.45) is 0.898. The van der Waals surface area contributed by atoms with Gasteiger partial charge in [-0.05, 0) is 28.7 Å². The van der Waals surface area contributed by atoms with Crippen molar-refractivity contribution in [2.45, 2.75) is 24.5 Å². The molecule has 0 radical (unpaired) electrons. The number of rotatable bonds is 7. The molecular weight excluding hydrogens is 466 g/mol. The zero-order valence-corrected chi connectivity index (χ0v) is 21.7. The zero-order chi connectivity index (χ0) is 25.7. The van der Waals surface area contributed by atoms with Crippen LogP contribution in [-0.4, -0.2) is 47.9 Å². The fourth-order valence-electron chi connectivity index (χ4n) is 6.29. The predicted octanol–water partition coefficient (Wildman–Crippen LogP) is 5.69. The van der Waals surface area contributed by atoms with E-state index in [9.17, 15) is 4.79 Å². The Morgan fingerprint density at radius 1 is 0.632 bits per heavy atom. The summed E-state index contributed by atoms with van der Waals surface area (Å²) < 4.78 is 0. The molecule has 0 saturated carbocycles. The van der Waals surface area contributed by atoms with Crippen molar-refractivity contribution < 1.29 is 4.79 Å². The molecule has 2 aliphatic rings. The lowest BCUT2D eigenvalue weighted by Crippen LogP contribution is -2.51. The first-order chi connectivity index (χ1) is 18.8. The Kier molecular flexibility index (Phi) is 7.34. The summed E-state index contributed by atoms with van der Waals surface area (Å²) in [5.41, 5.74) is 4.88. The van der Waals surface area contributed by atoms with Gasteiger partial charge < -0.3 is 5.32 Å². The number of fused-ring (bicyclic) bond motifs is 1. The molecule has 4 aromatic rings. The Labute approximate surface area is 225 Å². The van der Waals surface area contributed by atoms with Gasteiger partial charge in [-0.25, -0.2) is 0 Å². The molecule has 2 heterocycles. The van der Waals surface area contributed by atoms with Crippen LogP contribution in [0.1, 0.15) is 40.8 Å². The first kappa shape index (κ1) is 24.6. The highest BCUT2D eigenvalue weighted by molar-refractivity contribution is 5.80. The van der Waals surface area contributed by atoms with Gasteiger partial charge in [0.15, 0.2) is 0 Å². The van der Waals surface area contributed by atoms with Crippen molar-refractivity contribution in [2.24, 2.45) is 5.92 Å². The van der Waals surface area contributed by atoms with Crippen LogP contribution in [0.2, 0.25) is 0 Å². The van der Waals surface area contributed by atoms with Crippen LogP contribution in [-0.2, 0) is 4.79 Å². The Morgan fingerprint density at radius 2 is 1.11 bits per heavy atom. The van der Waals surface area contributed by atoms with E-state index in [0.717, 1.165) is 43.7 Å². The van der Waals surface area contributed by atoms with Gasteiger partial charge in [0.1, 0.15) is 0 Å². The molecule has 4 nitrogen and oxygen atoms in total. The van der Waals surface area contributed by atoms with E-state index in [1.165, 1.54) is 11.1 Å². The van der Waals surface area contributed by atoms with Gasteiger partial charge in [-0.15, -0.1) is 0 Å². The first-order valence-corrected chi connectivity index (χ1v) is 13.7. The molecule has 2 atom stereocenters. The summed E-state index contributed by atoms with van der Waals surface area (Å²) >= 11 is 0. The number of amides is 1. The minimum absolute atomic E-state index is 0.00164. The molecule has 2 aliphatic heterocycles. The zero-order valence-electron chi connectivity index (χ0n) is 21.7. The fourth-order valence-corrected chi connectivity index (χ4v) is 6.29. The van der Waals surface area contributed by atoms with Crippen molar-refractivity contribution in [3.05, 3.63) is 144 Å². The third kappa shape index (κ3) is 5.28. The van der Waals surface area contributed by atoms with Crippen LogP contribution in [0.4, 0.5) is 0 Å². The number of piperazine rings is 1. The van der Waals surface area contributed by atoms with E-state index < -0.39 is 0 Å². The van der Waals surface area contributed by atoms with E-state index in [2.05, 4.69) is 100 Å². The third-order valence-corrected chi connectivity index (χ3v) is 8.17. The molecule has 0 aliphatic carbocycles. The molecule has 1 amide bonds. The van der Waals surface area contributed by atoms with Crippen LogP contribution >= 0.6 is 0 Å². The summed E-state index contributed by atoms with van der Waals surface area (Å²) in [6, 6.07) is 42.7. The average molecular weight is 502 g/mol. The highest BCUT2D eigenvalue weighted by Crippen LogP contribution is 2.35. The van der Waals surface area contributed by atoms with Crippen molar-refractivity contribution in [3.63, 3.8) is 0 Å². The maximum atomic E-state index is 13.7. The third-order valence-electron chi connectivity index (χ3n) is 8.17. The SMILES string of the molecule is O=C(NC(c1ccccc1)c1ccccc1)[C@H]1C[C@H]2CN(C(c3ccccc3)c3ccccc3)CCN2C1. The quantitative estimate of drug-likeness (QED) is 0.354. The van der Waals surface area contributed by atoms with E-state index in [4.69, 9.17) is 0 Å². The monoisotopic (exact) mass is 501 g/mol. The second-order valence-corrected chi connectivity index (χ2v) is 10.6. The summed E-state index contributed by atoms with van der Waals surface area (Å²) in [4.78, 5) is 18.8. The Balaban J connectivity index is 1.18. The van der Waals surface area contributed by atoms with E-state index in [1.54, 1.807) is 0 Å². The molecule has 0 bridgehead atoms. The van der Waals surface area contributed by atoms with Gasteiger partial charge in [0, 0.05) is 32.2 Å². The molecule has 4 heteroatoms. The smallest absolute Gasteiger partial charge is 0.225 e. The summed E-state index contributed by atoms with van der Waals surface area (Å²) in [5, 5.41) is 3.41. The normalized spacial score (nSPS) is 19.9. The van der Waals surface area contributed by atoms with Crippen molar-refractivity contribution in [3.8, 4) is 0 Å². The van der Waals surface area contributed by atoms with Crippen LogP contribution in [0.25, 0.3) is 0 Å². The first-order valence-electron chi connectivity index (χ1n) is 13.7. The Morgan fingerprint density at radius 3 is 1.61 bits per heavy atom. The van der Waals surface area contributed by atoms with Gasteiger partial charge >= 0.3 is 0 Å². The van der Waals surface area contributed by atoms with Gasteiger partial charge in [0.05, 0.1) is 18.0 Å². The standard InChI is InChI=1S/C34H35N3O/c38-34(35-32(26-13-5-1-6-14-26)27-15-7-2-8-16-27)30-23-31-25-37(22-21-36(31)24-30)33(28-17-9-3-10-18-28)29-19-11-4-12-20-29/h1-20,30-33H,21-25H2,(H,35,38)/t30-,31-/m0/s1. The van der Waals surface area contributed by atoms with E-state index >= 15 is 0 Å². The topological polar surface area (TPSA) is 35.6 Å². The maximum Gasteiger partial charge on any atom is 0.225 e. The molecule has 0 unspecified atom stereocenters. The van der Waals surface area contributed by atoms with Gasteiger partial charge in [-0.3, -0.25) is 14.6 Å². The van der Waals surface area contributed by atoms with Crippen LogP contribution in [0.5, 0.6) is 0 Å². The van der Waals surface area contributed by atoms with Crippen molar-refractivity contribution in [1.29, 1.82) is 0 Å². The molecule has 2 saturated heterocycles. The van der Waals surface area contributed by atoms with E-state index in [1.807, 2.05) is 36.4 Å². The predicted molar refractivity (Wildman–Crippen MR) is 153 cm³/mol. The molecule has 38 heavy (non-hydrogen) atoms. The lowest BCUT2D eigenvalue weighted by atomic mass is 9.95. The lowest BCUT2D eigenvalue weighted by Gasteiger charge is -2.42. The molecule has 192 valence electrons. The highest BCUT2D eigenvalue weighted by Gasteiger charge is 2.41. The van der Waals surface area contributed by atoms with Crippen molar-refractivity contribution in [2.75, 3.05) is 26.2 Å². The largest absolute Gasteiger partial charge is 0.345 e. The minimum atomic E-state index is -0.139. The van der Waals surface area contributed by atoms with Crippen molar-refractivity contribution >= 4 is 5.91 Å². The van der Waals surface area contributed by atoms with Gasteiger partial charge in [0.2, 0.25) is 5.91 Å². The highest BCUT2D eigenvalue weighted by atomic mass is 16.2. The van der Waals surface area contributed by atoms with E-state index in [-0.39, 0.29) is 23.9 Å². The molecule has 0 spiro atoms. The average Bonchev–Trinajstić information content (AvgIpc) is 3.42. The molecule has 4 aromatic carbocycles. The summed E-state index contributed by atoms with van der Waals surface area (Å²) in [5.74, 6) is 0.160. The summed E-state index contributed by atoms with van der Waals surface area (Å²) in [7, 11) is 0. The number of hydrogen-bond acceptors (Lipinski definition) is 3. The Hall–Kier alpha value is -3.73. The molecule has 1 N–H and O–H groups in total. The van der Waals surface area contributed by atoms with Gasteiger partial charge in [0.25, 0.3) is 0 Å².